The number of fused-ring (bicyclic) bond motifs is 5. The van der Waals surface area contributed by atoms with Crippen LogP contribution in [0, 0.1) is 46.3 Å². The lowest BCUT2D eigenvalue weighted by molar-refractivity contribution is -0.0599. The molecule has 24 heavy (non-hydrogen) atoms. The predicted molar refractivity (Wildman–Crippen MR) is 104 cm³/mol. The van der Waals surface area contributed by atoms with Crippen molar-refractivity contribution in [2.24, 2.45) is 46.3 Å². The van der Waals surface area contributed by atoms with E-state index < -0.39 is 0 Å². The van der Waals surface area contributed by atoms with Crippen molar-refractivity contribution in [3.8, 4) is 0 Å². The topological polar surface area (TPSA) is 0 Å². The van der Waals surface area contributed by atoms with Crippen molar-refractivity contribution in [2.75, 3.05) is 0 Å². The van der Waals surface area contributed by atoms with Crippen molar-refractivity contribution in [1.82, 2.24) is 0 Å². The normalized spacial score (nSPS) is 52.0. The fraction of sp³-hybridized carbons (Fsp3) is 0.917. The van der Waals surface area contributed by atoms with Gasteiger partial charge in [0.15, 0.2) is 0 Å². The third kappa shape index (κ3) is 2.30. The average molecular weight is 329 g/mol. The second-order valence-corrected chi connectivity index (χ2v) is 10.7. The molecule has 136 valence electrons. The molecule has 0 bridgehead atoms. The van der Waals surface area contributed by atoms with Crippen LogP contribution in [0.25, 0.3) is 0 Å². The lowest BCUT2D eigenvalue weighted by Crippen LogP contribution is -2.50. The van der Waals surface area contributed by atoms with Crippen LogP contribution in [-0.4, -0.2) is 0 Å². The third-order valence-electron chi connectivity index (χ3n) is 9.74. The van der Waals surface area contributed by atoms with Crippen LogP contribution >= 0.6 is 0 Å². The van der Waals surface area contributed by atoms with E-state index in [1.165, 1.54) is 57.8 Å². The van der Waals surface area contributed by atoms with E-state index in [-0.39, 0.29) is 0 Å². The Balaban J connectivity index is 1.62. The van der Waals surface area contributed by atoms with E-state index in [0.29, 0.717) is 10.8 Å². The Kier molecular flexibility index (Phi) is 4.21. The molecule has 3 fully saturated rings. The van der Waals surface area contributed by atoms with Crippen molar-refractivity contribution < 1.29 is 0 Å². The van der Waals surface area contributed by atoms with Crippen LogP contribution in [0.2, 0.25) is 0 Å². The number of hydrogen-bond donors (Lipinski definition) is 0. The summed E-state index contributed by atoms with van der Waals surface area (Å²) in [5.41, 5.74) is 3.09. The molecule has 0 nitrogen and oxygen atoms in total. The van der Waals surface area contributed by atoms with Crippen molar-refractivity contribution in [1.29, 1.82) is 0 Å². The van der Waals surface area contributed by atoms with Crippen LogP contribution in [-0.2, 0) is 0 Å². The van der Waals surface area contributed by atoms with E-state index >= 15 is 0 Å². The molecule has 0 N–H and O–H groups in total. The minimum atomic E-state index is 0.561. The first-order valence-electron chi connectivity index (χ1n) is 11.1. The summed E-state index contributed by atoms with van der Waals surface area (Å²) < 4.78 is 0. The van der Waals surface area contributed by atoms with Gasteiger partial charge in [-0.05, 0) is 97.7 Å². The molecule has 8 atom stereocenters. The summed E-state index contributed by atoms with van der Waals surface area (Å²) in [5.74, 6) is 5.84. The number of allylic oxidation sites excluding steroid dienone is 2. The molecule has 4 rings (SSSR count). The Hall–Kier alpha value is -0.260. The fourth-order valence-corrected chi connectivity index (χ4v) is 8.16. The highest BCUT2D eigenvalue weighted by molar-refractivity contribution is 5.24. The largest absolute Gasteiger partial charge is 0.0819 e. The lowest BCUT2D eigenvalue weighted by atomic mass is 9.46. The minimum absolute atomic E-state index is 0.561. The second kappa shape index (κ2) is 5.88. The molecule has 0 aliphatic heterocycles. The van der Waals surface area contributed by atoms with Crippen LogP contribution in [0.15, 0.2) is 11.6 Å². The van der Waals surface area contributed by atoms with Crippen LogP contribution in [0.4, 0.5) is 0 Å². The predicted octanol–water partition coefficient (Wildman–Crippen LogP) is 7.25. The molecule has 4 aliphatic rings. The van der Waals surface area contributed by atoms with Gasteiger partial charge in [-0.2, -0.15) is 0 Å². The molecule has 0 heterocycles. The zero-order chi connectivity index (χ0) is 17.1. The van der Waals surface area contributed by atoms with Crippen molar-refractivity contribution in [3.63, 3.8) is 0 Å². The van der Waals surface area contributed by atoms with Gasteiger partial charge in [0.1, 0.15) is 0 Å². The molecular formula is C24H40. The smallest absolute Gasteiger partial charge is 0.00851 e. The van der Waals surface area contributed by atoms with E-state index in [1.807, 2.05) is 5.57 Å². The van der Waals surface area contributed by atoms with Gasteiger partial charge in [-0.15, -0.1) is 0 Å². The molecule has 0 amide bonds. The van der Waals surface area contributed by atoms with Gasteiger partial charge in [0.05, 0.1) is 0 Å². The van der Waals surface area contributed by atoms with Gasteiger partial charge in [0.25, 0.3) is 0 Å². The van der Waals surface area contributed by atoms with E-state index in [1.54, 1.807) is 0 Å². The van der Waals surface area contributed by atoms with E-state index in [9.17, 15) is 0 Å². The first kappa shape index (κ1) is 17.2. The summed E-state index contributed by atoms with van der Waals surface area (Å²) in [7, 11) is 0. The van der Waals surface area contributed by atoms with E-state index in [2.05, 4.69) is 40.7 Å². The Bertz CT molecular complexity index is 516. The number of rotatable bonds is 2. The third-order valence-corrected chi connectivity index (χ3v) is 9.74. The summed E-state index contributed by atoms with van der Waals surface area (Å²) >= 11 is 0. The summed E-state index contributed by atoms with van der Waals surface area (Å²) in [6.45, 7) is 12.7. The second-order valence-electron chi connectivity index (χ2n) is 10.7. The van der Waals surface area contributed by atoms with Crippen molar-refractivity contribution >= 4 is 0 Å². The van der Waals surface area contributed by atoms with Gasteiger partial charge in [0, 0.05) is 0 Å². The first-order valence-corrected chi connectivity index (χ1v) is 11.1. The van der Waals surface area contributed by atoms with Crippen LogP contribution in [0.5, 0.6) is 0 Å². The standard InChI is InChI=1S/C24H40/c1-6-17(3)20-9-10-21-19-8-7-18-15-16(2)11-13-23(18,4)22(19)12-14-24(20,21)5/h15-17,19-22H,6-14H2,1-5H3. The highest BCUT2D eigenvalue weighted by Gasteiger charge is 2.59. The lowest BCUT2D eigenvalue weighted by Gasteiger charge is -2.59. The molecule has 3 saturated carbocycles. The Morgan fingerprint density at radius 1 is 1.04 bits per heavy atom. The molecular weight excluding hydrogens is 288 g/mol. The fourth-order valence-electron chi connectivity index (χ4n) is 8.16. The minimum Gasteiger partial charge on any atom is -0.0819 e. The van der Waals surface area contributed by atoms with Gasteiger partial charge in [0.2, 0.25) is 0 Å². The molecule has 0 aromatic carbocycles. The summed E-state index contributed by atoms with van der Waals surface area (Å²) in [6.07, 6.45) is 16.0. The molecule has 8 unspecified atom stereocenters. The molecule has 0 radical (unpaired) electrons. The van der Waals surface area contributed by atoms with Gasteiger partial charge >= 0.3 is 0 Å². The van der Waals surface area contributed by atoms with Crippen LogP contribution in [0.3, 0.4) is 0 Å². The van der Waals surface area contributed by atoms with Crippen LogP contribution < -0.4 is 0 Å². The summed E-state index contributed by atoms with van der Waals surface area (Å²) in [5, 5.41) is 0. The molecule has 0 heteroatoms. The highest BCUT2D eigenvalue weighted by Crippen LogP contribution is 2.67. The maximum Gasteiger partial charge on any atom is -0.00851 e. The molecule has 0 aromatic rings. The van der Waals surface area contributed by atoms with Crippen molar-refractivity contribution in [3.05, 3.63) is 11.6 Å². The van der Waals surface area contributed by atoms with E-state index in [0.717, 1.165) is 35.5 Å². The zero-order valence-corrected chi connectivity index (χ0v) is 16.9. The first-order chi connectivity index (χ1) is 11.4. The van der Waals surface area contributed by atoms with Gasteiger partial charge < -0.3 is 0 Å². The van der Waals surface area contributed by atoms with E-state index in [4.69, 9.17) is 0 Å². The molecule has 4 aliphatic carbocycles. The number of hydrogen-bond acceptors (Lipinski definition) is 0. The van der Waals surface area contributed by atoms with Gasteiger partial charge in [-0.25, -0.2) is 0 Å². The average Bonchev–Trinajstić information content (AvgIpc) is 2.92. The highest BCUT2D eigenvalue weighted by atomic mass is 14.6. The zero-order valence-electron chi connectivity index (χ0n) is 16.9. The Morgan fingerprint density at radius 3 is 2.58 bits per heavy atom. The maximum absolute atomic E-state index is 2.70. The van der Waals surface area contributed by atoms with Gasteiger partial charge in [-0.3, -0.25) is 0 Å². The molecule has 0 spiro atoms. The van der Waals surface area contributed by atoms with Crippen molar-refractivity contribution in [2.45, 2.75) is 92.4 Å². The van der Waals surface area contributed by atoms with Crippen LogP contribution in [0.1, 0.15) is 92.4 Å². The molecule has 0 saturated heterocycles. The summed E-state index contributed by atoms with van der Waals surface area (Å²) in [6, 6.07) is 0. The Labute approximate surface area is 150 Å². The summed E-state index contributed by atoms with van der Waals surface area (Å²) in [4.78, 5) is 0. The SMILES string of the molecule is CCC(C)C1CCC2C3CCC4=CC(C)CCC4(C)C3CCC12C. The molecule has 0 aromatic heterocycles. The maximum atomic E-state index is 2.70. The van der Waals surface area contributed by atoms with Gasteiger partial charge in [-0.1, -0.05) is 52.7 Å². The monoisotopic (exact) mass is 328 g/mol. The Morgan fingerprint density at radius 2 is 1.83 bits per heavy atom. The quantitative estimate of drug-likeness (QED) is 0.468.